The van der Waals surface area contributed by atoms with Crippen molar-refractivity contribution in [1.82, 2.24) is 9.62 Å². The molecule has 3 rings (SSSR count). The smallest absolute Gasteiger partial charge is 0.250 e. The minimum absolute atomic E-state index is 0.144. The first-order valence-corrected chi connectivity index (χ1v) is 12.2. The summed E-state index contributed by atoms with van der Waals surface area (Å²) in [6, 6.07) is 8.76. The highest BCUT2D eigenvalue weighted by Gasteiger charge is 2.33. The number of thiophene rings is 1. The van der Waals surface area contributed by atoms with Crippen molar-refractivity contribution >= 4 is 33.0 Å². The number of benzene rings is 1. The predicted octanol–water partition coefficient (Wildman–Crippen LogP) is 3.02. The van der Waals surface area contributed by atoms with Crippen molar-refractivity contribution in [3.05, 3.63) is 46.8 Å². The van der Waals surface area contributed by atoms with Gasteiger partial charge in [-0.2, -0.15) is 4.72 Å². The van der Waals surface area contributed by atoms with E-state index in [0.29, 0.717) is 13.1 Å². The largest absolute Gasteiger partial charge is 0.368 e. The Labute approximate surface area is 177 Å². The molecule has 6 nitrogen and oxygen atoms in total. The van der Waals surface area contributed by atoms with Crippen LogP contribution in [-0.2, 0) is 14.8 Å². The van der Waals surface area contributed by atoms with E-state index in [-0.39, 0.29) is 16.0 Å². The summed E-state index contributed by atoms with van der Waals surface area (Å²) < 4.78 is 28.1. The van der Waals surface area contributed by atoms with Crippen molar-refractivity contribution in [2.45, 2.75) is 37.9 Å². The van der Waals surface area contributed by atoms with Gasteiger partial charge in [0.15, 0.2) is 0 Å². The number of hydrogen-bond acceptors (Lipinski definition) is 5. The van der Waals surface area contributed by atoms with Crippen LogP contribution in [0.5, 0.6) is 0 Å². The molecule has 1 amide bonds. The monoisotopic (exact) mass is 435 g/mol. The molecule has 0 saturated carbocycles. The molecule has 1 atom stereocenters. The average molecular weight is 436 g/mol. The zero-order chi connectivity index (χ0) is 21.2. The summed E-state index contributed by atoms with van der Waals surface area (Å²) in [4.78, 5) is 17.2. The second-order valence-corrected chi connectivity index (χ2v) is 10.7. The molecule has 158 valence electrons. The number of nitrogens with zero attached hydrogens (tertiary/aromatic N) is 2. The molecule has 1 aromatic carbocycles. The first kappa shape index (κ1) is 21.8. The van der Waals surface area contributed by atoms with Crippen LogP contribution >= 0.6 is 11.3 Å². The van der Waals surface area contributed by atoms with Gasteiger partial charge in [-0.25, -0.2) is 8.42 Å². The molecule has 0 unspecified atom stereocenters. The molecule has 2 aromatic rings. The van der Waals surface area contributed by atoms with Crippen LogP contribution in [0.1, 0.15) is 25.0 Å². The van der Waals surface area contributed by atoms with Gasteiger partial charge in [-0.05, 0) is 48.4 Å². The number of rotatable bonds is 6. The van der Waals surface area contributed by atoms with Crippen molar-refractivity contribution in [2.75, 3.05) is 31.1 Å². The zero-order valence-corrected chi connectivity index (χ0v) is 19.0. The lowest BCUT2D eigenvalue weighted by atomic mass is 10.0. The highest BCUT2D eigenvalue weighted by Crippen LogP contribution is 2.24. The second-order valence-electron chi connectivity index (χ2n) is 7.81. The zero-order valence-electron chi connectivity index (χ0n) is 17.4. The van der Waals surface area contributed by atoms with E-state index in [1.807, 2.05) is 13.8 Å². The minimum atomic E-state index is -3.70. The molecule has 8 heteroatoms. The minimum Gasteiger partial charge on any atom is -0.368 e. The van der Waals surface area contributed by atoms with Crippen LogP contribution in [0.3, 0.4) is 0 Å². The Morgan fingerprint density at radius 1 is 1.07 bits per heavy atom. The van der Waals surface area contributed by atoms with Crippen molar-refractivity contribution in [3.8, 4) is 0 Å². The van der Waals surface area contributed by atoms with Gasteiger partial charge in [0.05, 0.1) is 0 Å². The van der Waals surface area contributed by atoms with Crippen LogP contribution < -0.4 is 9.62 Å². The maximum Gasteiger partial charge on any atom is 0.250 e. The van der Waals surface area contributed by atoms with E-state index in [2.05, 4.69) is 41.7 Å². The fraction of sp³-hybridized carbons (Fsp3) is 0.476. The number of piperazine rings is 1. The Morgan fingerprint density at radius 3 is 2.34 bits per heavy atom. The van der Waals surface area contributed by atoms with Crippen LogP contribution in [0.4, 0.5) is 5.69 Å². The van der Waals surface area contributed by atoms with Crippen LogP contribution in [-0.4, -0.2) is 51.4 Å². The molecule has 0 radical (unpaired) electrons. The van der Waals surface area contributed by atoms with Crippen molar-refractivity contribution in [2.24, 2.45) is 5.92 Å². The number of carbonyl (C=O) groups is 1. The number of anilines is 1. The number of carbonyl (C=O) groups excluding carboxylic acids is 1. The lowest BCUT2D eigenvalue weighted by molar-refractivity contribution is -0.134. The number of aryl methyl sites for hydroxylation is 1. The van der Waals surface area contributed by atoms with Crippen LogP contribution in [0, 0.1) is 19.8 Å². The summed E-state index contributed by atoms with van der Waals surface area (Å²) >= 11 is 1.15. The van der Waals surface area contributed by atoms with E-state index in [1.165, 1.54) is 16.8 Å². The summed E-state index contributed by atoms with van der Waals surface area (Å²) in [5.74, 6) is -0.296. The third-order valence-electron chi connectivity index (χ3n) is 5.48. The third kappa shape index (κ3) is 4.82. The summed E-state index contributed by atoms with van der Waals surface area (Å²) in [5.41, 5.74) is 3.72. The summed E-state index contributed by atoms with van der Waals surface area (Å²) in [7, 11) is -3.70. The molecule has 1 aliphatic heterocycles. The van der Waals surface area contributed by atoms with E-state index in [0.717, 1.165) is 24.4 Å². The number of hydrogen-bond donors (Lipinski definition) is 1. The topological polar surface area (TPSA) is 69.7 Å². The van der Waals surface area contributed by atoms with E-state index in [9.17, 15) is 13.2 Å². The first-order chi connectivity index (χ1) is 13.7. The van der Waals surface area contributed by atoms with Crippen LogP contribution in [0.15, 0.2) is 39.9 Å². The standard InChI is InChI=1S/C21H29N3O3S2/c1-15(2)20(22-29(26,27)19-9-6-14-28-19)21(25)24-12-10-23(11-13-24)18-8-5-7-16(3)17(18)4/h5-9,14-15,20,22H,10-13H2,1-4H3/t20-/m1/s1. The predicted molar refractivity (Wildman–Crippen MR) is 118 cm³/mol. The Hall–Kier alpha value is -1.90. The van der Waals surface area contributed by atoms with Gasteiger partial charge in [-0.3, -0.25) is 4.79 Å². The molecule has 1 N–H and O–H groups in total. The fourth-order valence-corrected chi connectivity index (χ4v) is 5.90. The molecule has 0 aliphatic carbocycles. The molecular weight excluding hydrogens is 406 g/mol. The van der Waals surface area contributed by atoms with Gasteiger partial charge in [-0.15, -0.1) is 11.3 Å². The maximum atomic E-state index is 13.1. The fourth-order valence-electron chi connectivity index (χ4n) is 3.56. The SMILES string of the molecule is Cc1cccc(N2CCN(C(=O)[C@H](NS(=O)(=O)c3cccs3)C(C)C)CC2)c1C. The van der Waals surface area contributed by atoms with E-state index in [1.54, 1.807) is 22.4 Å². The van der Waals surface area contributed by atoms with Crippen LogP contribution in [0.2, 0.25) is 0 Å². The number of sulfonamides is 1. The molecule has 1 fully saturated rings. The van der Waals surface area contributed by atoms with Gasteiger partial charge in [0.1, 0.15) is 10.3 Å². The van der Waals surface area contributed by atoms with E-state index in [4.69, 9.17) is 0 Å². The quantitative estimate of drug-likeness (QED) is 0.757. The van der Waals surface area contributed by atoms with Crippen molar-refractivity contribution < 1.29 is 13.2 Å². The Morgan fingerprint density at radius 2 is 1.76 bits per heavy atom. The maximum absolute atomic E-state index is 13.1. The summed E-state index contributed by atoms with van der Waals surface area (Å²) in [5, 5.41) is 1.72. The van der Waals surface area contributed by atoms with Crippen molar-refractivity contribution in [3.63, 3.8) is 0 Å². The van der Waals surface area contributed by atoms with Gasteiger partial charge >= 0.3 is 0 Å². The van der Waals surface area contributed by atoms with Gasteiger partial charge in [0.25, 0.3) is 10.0 Å². The Balaban J connectivity index is 1.68. The molecule has 2 heterocycles. The molecule has 1 saturated heterocycles. The lowest BCUT2D eigenvalue weighted by Crippen LogP contribution is -2.56. The average Bonchev–Trinajstić information content (AvgIpc) is 3.24. The lowest BCUT2D eigenvalue weighted by Gasteiger charge is -2.39. The van der Waals surface area contributed by atoms with Crippen LogP contribution in [0.25, 0.3) is 0 Å². The molecular formula is C21H29N3O3S2. The highest BCUT2D eigenvalue weighted by atomic mass is 32.2. The highest BCUT2D eigenvalue weighted by molar-refractivity contribution is 7.91. The molecule has 1 aromatic heterocycles. The normalized spacial score (nSPS) is 16.3. The number of nitrogens with one attached hydrogen (secondary N) is 1. The van der Waals surface area contributed by atoms with Gasteiger partial charge in [0.2, 0.25) is 5.91 Å². The Bertz CT molecular complexity index is 948. The van der Waals surface area contributed by atoms with Gasteiger partial charge in [-0.1, -0.05) is 32.0 Å². The number of amides is 1. The third-order valence-corrected chi connectivity index (χ3v) is 8.32. The van der Waals surface area contributed by atoms with Gasteiger partial charge < -0.3 is 9.80 Å². The molecule has 0 bridgehead atoms. The molecule has 29 heavy (non-hydrogen) atoms. The second kappa shape index (κ2) is 8.85. The first-order valence-electron chi connectivity index (χ1n) is 9.86. The summed E-state index contributed by atoms with van der Waals surface area (Å²) in [6.45, 7) is 10.6. The summed E-state index contributed by atoms with van der Waals surface area (Å²) in [6.07, 6.45) is 0. The van der Waals surface area contributed by atoms with Crippen molar-refractivity contribution in [1.29, 1.82) is 0 Å². The van der Waals surface area contributed by atoms with E-state index >= 15 is 0 Å². The Kier molecular flexibility index (Phi) is 6.65. The molecule has 1 aliphatic rings. The molecule has 0 spiro atoms. The van der Waals surface area contributed by atoms with Gasteiger partial charge in [0, 0.05) is 31.9 Å². The van der Waals surface area contributed by atoms with E-state index < -0.39 is 16.1 Å².